The predicted molar refractivity (Wildman–Crippen MR) is 73.6 cm³/mol. The molecule has 1 aliphatic rings. The number of aliphatic hydroxyl groups is 1. The topological polar surface area (TPSA) is 52.6 Å². The van der Waals surface area contributed by atoms with E-state index in [4.69, 9.17) is 0 Å². The Balaban J connectivity index is 2.20. The van der Waals surface area contributed by atoms with Crippen molar-refractivity contribution in [2.24, 2.45) is 0 Å². The van der Waals surface area contributed by atoms with Crippen molar-refractivity contribution in [3.63, 3.8) is 0 Å². The number of amides is 1. The van der Waals surface area contributed by atoms with Crippen LogP contribution in [0.2, 0.25) is 0 Å². The fourth-order valence-electron chi connectivity index (χ4n) is 2.25. The fourth-order valence-corrected chi connectivity index (χ4v) is 2.73. The molecule has 0 aliphatic carbocycles. The van der Waals surface area contributed by atoms with Crippen LogP contribution in [0.1, 0.15) is 15.9 Å². The van der Waals surface area contributed by atoms with Gasteiger partial charge in [-0.1, -0.05) is 15.9 Å². The average molecular weight is 313 g/mol. The zero-order valence-electron chi connectivity index (χ0n) is 10.5. The largest absolute Gasteiger partial charge is 0.390 e. The summed E-state index contributed by atoms with van der Waals surface area (Å²) < 4.78 is 0.960. The molecule has 98 valence electrons. The van der Waals surface area contributed by atoms with E-state index in [0.717, 1.165) is 10.0 Å². The number of halogens is 1. The van der Waals surface area contributed by atoms with Gasteiger partial charge in [-0.25, -0.2) is 0 Å². The van der Waals surface area contributed by atoms with Crippen molar-refractivity contribution >= 4 is 21.8 Å². The number of hydrogen-bond acceptors (Lipinski definition) is 3. The van der Waals surface area contributed by atoms with E-state index < -0.39 is 6.10 Å². The van der Waals surface area contributed by atoms with E-state index in [2.05, 4.69) is 21.2 Å². The Morgan fingerprint density at radius 1 is 1.50 bits per heavy atom. The predicted octanol–water partition coefficient (Wildman–Crippen LogP) is 1.16. The molecule has 2 rings (SSSR count). The van der Waals surface area contributed by atoms with Gasteiger partial charge in [0.25, 0.3) is 5.91 Å². The molecule has 5 heteroatoms. The molecule has 2 atom stereocenters. The summed E-state index contributed by atoms with van der Waals surface area (Å²) in [5, 5.41) is 12.9. The molecule has 1 amide bonds. The zero-order chi connectivity index (χ0) is 13.3. The lowest BCUT2D eigenvalue weighted by molar-refractivity contribution is 0.0580. The number of nitrogens with one attached hydrogen (secondary N) is 1. The van der Waals surface area contributed by atoms with Crippen molar-refractivity contribution in [1.82, 2.24) is 10.2 Å². The number of carbonyl (C=O) groups is 1. The first-order valence-electron chi connectivity index (χ1n) is 5.93. The number of hydrogen-bond donors (Lipinski definition) is 2. The second kappa shape index (κ2) is 5.38. The van der Waals surface area contributed by atoms with Gasteiger partial charge in [0, 0.05) is 30.2 Å². The minimum atomic E-state index is -0.491. The molecule has 1 fully saturated rings. The van der Waals surface area contributed by atoms with Gasteiger partial charge in [-0.15, -0.1) is 0 Å². The summed E-state index contributed by atoms with van der Waals surface area (Å²) in [6.07, 6.45) is -0.491. The summed E-state index contributed by atoms with van der Waals surface area (Å²) in [5.41, 5.74) is 1.61. The molecule has 0 bridgehead atoms. The lowest BCUT2D eigenvalue weighted by atomic mass is 10.1. The van der Waals surface area contributed by atoms with Crippen molar-refractivity contribution in [2.45, 2.75) is 19.1 Å². The molecular weight excluding hydrogens is 296 g/mol. The number of aryl methyl sites for hydroxylation is 1. The molecule has 0 unspecified atom stereocenters. The summed E-state index contributed by atoms with van der Waals surface area (Å²) in [7, 11) is 1.74. The normalized spacial score (nSPS) is 23.1. The Hall–Kier alpha value is -0.910. The number of benzene rings is 1. The number of nitrogens with zero attached hydrogens (tertiary/aromatic N) is 1. The maximum atomic E-state index is 12.4. The minimum Gasteiger partial charge on any atom is -0.390 e. The van der Waals surface area contributed by atoms with Gasteiger partial charge in [0.2, 0.25) is 0 Å². The number of β-amino-alcohol motifs (C(OH)–C–C–N with tert-alkyl or cyclic N) is 1. The smallest absolute Gasteiger partial charge is 0.254 e. The highest BCUT2D eigenvalue weighted by atomic mass is 79.9. The first kappa shape index (κ1) is 13.5. The SMILES string of the molecule is Cc1cc(Br)ccc1C(=O)N(C)[C@@H]1CNC[C@H]1O. The molecule has 1 heterocycles. The molecule has 1 aliphatic heterocycles. The van der Waals surface area contributed by atoms with Gasteiger partial charge < -0.3 is 15.3 Å². The first-order chi connectivity index (χ1) is 8.50. The van der Waals surface area contributed by atoms with Crippen LogP contribution in [0.25, 0.3) is 0 Å². The van der Waals surface area contributed by atoms with Crippen LogP contribution in [-0.4, -0.2) is 48.2 Å². The average Bonchev–Trinajstić information content (AvgIpc) is 2.74. The molecule has 0 saturated carbocycles. The quantitative estimate of drug-likeness (QED) is 0.861. The summed E-state index contributed by atoms with van der Waals surface area (Å²) >= 11 is 3.38. The molecule has 2 N–H and O–H groups in total. The fraction of sp³-hybridized carbons (Fsp3) is 0.462. The number of rotatable bonds is 2. The highest BCUT2D eigenvalue weighted by Crippen LogP contribution is 2.19. The Bertz CT molecular complexity index is 464. The van der Waals surface area contributed by atoms with Crippen LogP contribution in [0, 0.1) is 6.92 Å². The van der Waals surface area contributed by atoms with Crippen LogP contribution in [0.15, 0.2) is 22.7 Å². The van der Waals surface area contributed by atoms with E-state index in [-0.39, 0.29) is 11.9 Å². The molecule has 0 radical (unpaired) electrons. The van der Waals surface area contributed by atoms with E-state index in [1.54, 1.807) is 11.9 Å². The molecule has 4 nitrogen and oxygen atoms in total. The van der Waals surface area contributed by atoms with Crippen LogP contribution < -0.4 is 5.32 Å². The van der Waals surface area contributed by atoms with Crippen LogP contribution in [0.5, 0.6) is 0 Å². The Morgan fingerprint density at radius 3 is 2.78 bits per heavy atom. The Morgan fingerprint density at radius 2 is 2.22 bits per heavy atom. The van der Waals surface area contributed by atoms with Crippen LogP contribution in [-0.2, 0) is 0 Å². The van der Waals surface area contributed by atoms with Crippen LogP contribution >= 0.6 is 15.9 Å². The standard InChI is InChI=1S/C13H17BrN2O2/c1-8-5-9(14)3-4-10(8)13(18)16(2)11-6-15-7-12(11)17/h3-5,11-12,15,17H,6-7H2,1-2H3/t11-,12-/m1/s1. The summed E-state index contributed by atoms with van der Waals surface area (Å²) in [5.74, 6) is -0.0484. The van der Waals surface area contributed by atoms with Gasteiger partial charge in [-0.2, -0.15) is 0 Å². The van der Waals surface area contributed by atoms with E-state index in [1.165, 1.54) is 0 Å². The summed E-state index contributed by atoms with van der Waals surface area (Å²) in [6, 6.07) is 5.44. The second-order valence-corrected chi connectivity index (χ2v) is 5.58. The third-order valence-corrected chi connectivity index (χ3v) is 3.88. The molecule has 0 spiro atoms. The summed E-state index contributed by atoms with van der Waals surface area (Å²) in [6.45, 7) is 3.09. The van der Waals surface area contributed by atoms with Gasteiger partial charge in [0.1, 0.15) is 0 Å². The van der Waals surface area contributed by atoms with Crippen LogP contribution in [0.3, 0.4) is 0 Å². The molecular formula is C13H17BrN2O2. The Labute approximate surface area is 115 Å². The zero-order valence-corrected chi connectivity index (χ0v) is 12.1. The Kier molecular flexibility index (Phi) is 4.04. The maximum Gasteiger partial charge on any atom is 0.254 e. The lowest BCUT2D eigenvalue weighted by Gasteiger charge is -2.27. The van der Waals surface area contributed by atoms with E-state index in [0.29, 0.717) is 18.7 Å². The monoisotopic (exact) mass is 312 g/mol. The molecule has 1 aromatic carbocycles. The first-order valence-corrected chi connectivity index (χ1v) is 6.72. The van der Waals surface area contributed by atoms with E-state index in [1.807, 2.05) is 25.1 Å². The van der Waals surface area contributed by atoms with Gasteiger partial charge >= 0.3 is 0 Å². The summed E-state index contributed by atoms with van der Waals surface area (Å²) in [4.78, 5) is 14.0. The van der Waals surface area contributed by atoms with Crippen molar-refractivity contribution in [2.75, 3.05) is 20.1 Å². The van der Waals surface area contributed by atoms with Gasteiger partial charge in [-0.05, 0) is 30.7 Å². The van der Waals surface area contributed by atoms with Crippen LogP contribution in [0.4, 0.5) is 0 Å². The van der Waals surface area contributed by atoms with E-state index >= 15 is 0 Å². The highest BCUT2D eigenvalue weighted by molar-refractivity contribution is 9.10. The lowest BCUT2D eigenvalue weighted by Crippen LogP contribution is -2.44. The van der Waals surface area contributed by atoms with Gasteiger partial charge in [0.05, 0.1) is 12.1 Å². The maximum absolute atomic E-state index is 12.4. The number of carbonyl (C=O) groups excluding carboxylic acids is 1. The third kappa shape index (κ3) is 2.58. The van der Waals surface area contributed by atoms with Gasteiger partial charge in [-0.3, -0.25) is 4.79 Å². The molecule has 0 aromatic heterocycles. The van der Waals surface area contributed by atoms with Crippen molar-refractivity contribution < 1.29 is 9.90 Å². The minimum absolute atomic E-state index is 0.0484. The number of aliphatic hydroxyl groups excluding tert-OH is 1. The highest BCUT2D eigenvalue weighted by Gasteiger charge is 2.31. The van der Waals surface area contributed by atoms with Crippen molar-refractivity contribution in [1.29, 1.82) is 0 Å². The second-order valence-electron chi connectivity index (χ2n) is 4.67. The van der Waals surface area contributed by atoms with E-state index in [9.17, 15) is 9.90 Å². The molecule has 18 heavy (non-hydrogen) atoms. The third-order valence-electron chi connectivity index (χ3n) is 3.39. The molecule has 1 aromatic rings. The van der Waals surface area contributed by atoms with Crippen molar-refractivity contribution in [3.8, 4) is 0 Å². The van der Waals surface area contributed by atoms with Gasteiger partial charge in [0.15, 0.2) is 0 Å². The van der Waals surface area contributed by atoms with Crippen molar-refractivity contribution in [3.05, 3.63) is 33.8 Å². The molecule has 1 saturated heterocycles. The number of likely N-dealkylation sites (N-methyl/N-ethyl adjacent to an activating group) is 1.